The molecule has 0 aliphatic carbocycles. The van der Waals surface area contributed by atoms with E-state index in [1.165, 1.54) is 29.5 Å². The van der Waals surface area contributed by atoms with Gasteiger partial charge in [0.15, 0.2) is 0 Å². The molecule has 0 aliphatic rings. The molecular weight excluding hydrogens is 428 g/mol. The molecule has 0 N–H and O–H groups in total. The van der Waals surface area contributed by atoms with Crippen molar-refractivity contribution >= 4 is 17.2 Å². The summed E-state index contributed by atoms with van der Waals surface area (Å²) in [5.74, 6) is -0.599. The highest BCUT2D eigenvalue weighted by atomic mass is 32.1. The van der Waals surface area contributed by atoms with Crippen molar-refractivity contribution in [3.63, 3.8) is 0 Å². The van der Waals surface area contributed by atoms with Crippen LogP contribution in [0.1, 0.15) is 53.3 Å². The van der Waals surface area contributed by atoms with Crippen LogP contribution in [0.25, 0.3) is 0 Å². The summed E-state index contributed by atoms with van der Waals surface area (Å²) < 4.78 is 27.6. The standard InChI is InChI=1S/C25H29F2N3OS/c1-3-13-30(14-4-2)25(31)23-18-32-24(28-23)17-29(15-19-9-11-21(26)12-10-19)16-20-7-5-6-8-22(20)27/h5-12,18H,3-4,13-17H2,1-2H3. The number of amides is 1. The minimum absolute atomic E-state index is 0.0459. The molecule has 3 rings (SSSR count). The van der Waals surface area contributed by atoms with Gasteiger partial charge in [-0.3, -0.25) is 9.69 Å². The second kappa shape index (κ2) is 11.8. The first-order valence-electron chi connectivity index (χ1n) is 10.9. The van der Waals surface area contributed by atoms with Crippen molar-refractivity contribution < 1.29 is 13.6 Å². The second-order valence-corrected chi connectivity index (χ2v) is 8.72. The highest BCUT2D eigenvalue weighted by Gasteiger charge is 2.19. The van der Waals surface area contributed by atoms with Crippen LogP contribution in [0, 0.1) is 11.6 Å². The lowest BCUT2D eigenvalue weighted by Gasteiger charge is -2.22. The first-order valence-corrected chi connectivity index (χ1v) is 11.8. The molecule has 170 valence electrons. The molecule has 2 aromatic carbocycles. The average Bonchev–Trinajstić information content (AvgIpc) is 3.24. The Labute approximate surface area is 192 Å². The zero-order chi connectivity index (χ0) is 22.9. The van der Waals surface area contributed by atoms with Crippen LogP contribution < -0.4 is 0 Å². The molecule has 0 bridgehead atoms. The Balaban J connectivity index is 1.77. The number of nitrogens with zero attached hydrogens (tertiary/aromatic N) is 3. The molecule has 1 aromatic heterocycles. The van der Waals surface area contributed by atoms with Crippen LogP contribution in [0.3, 0.4) is 0 Å². The van der Waals surface area contributed by atoms with E-state index in [0.717, 1.165) is 23.4 Å². The Morgan fingerprint density at radius 1 is 0.938 bits per heavy atom. The third-order valence-electron chi connectivity index (χ3n) is 5.08. The van der Waals surface area contributed by atoms with Gasteiger partial charge >= 0.3 is 0 Å². The molecule has 7 heteroatoms. The van der Waals surface area contributed by atoms with Gasteiger partial charge in [0.2, 0.25) is 0 Å². The summed E-state index contributed by atoms with van der Waals surface area (Å²) in [5, 5.41) is 2.59. The zero-order valence-corrected chi connectivity index (χ0v) is 19.4. The Morgan fingerprint density at radius 3 is 2.28 bits per heavy atom. The van der Waals surface area contributed by atoms with Gasteiger partial charge in [0.05, 0.1) is 6.54 Å². The molecule has 0 fully saturated rings. The SMILES string of the molecule is CCCN(CCC)C(=O)c1csc(CN(Cc2ccc(F)cc2)Cc2ccccc2F)n1. The number of rotatable bonds is 11. The first-order chi connectivity index (χ1) is 15.5. The van der Waals surface area contributed by atoms with E-state index in [4.69, 9.17) is 0 Å². The minimum Gasteiger partial charge on any atom is -0.337 e. The number of aromatic nitrogens is 1. The molecule has 1 amide bonds. The quantitative estimate of drug-likeness (QED) is 0.360. The summed E-state index contributed by atoms with van der Waals surface area (Å²) in [5.41, 5.74) is 1.96. The van der Waals surface area contributed by atoms with Crippen molar-refractivity contribution in [2.75, 3.05) is 13.1 Å². The minimum atomic E-state index is -0.291. The van der Waals surface area contributed by atoms with Crippen molar-refractivity contribution in [3.8, 4) is 0 Å². The highest BCUT2D eigenvalue weighted by Crippen LogP contribution is 2.19. The molecule has 0 saturated carbocycles. The summed E-state index contributed by atoms with van der Waals surface area (Å²) in [6, 6.07) is 13.0. The molecule has 1 heterocycles. The number of hydrogen-bond acceptors (Lipinski definition) is 4. The van der Waals surface area contributed by atoms with Crippen LogP contribution in [0.5, 0.6) is 0 Å². The van der Waals surface area contributed by atoms with E-state index in [1.807, 2.05) is 11.0 Å². The topological polar surface area (TPSA) is 36.4 Å². The van der Waals surface area contributed by atoms with Gasteiger partial charge in [-0.25, -0.2) is 13.8 Å². The predicted molar refractivity (Wildman–Crippen MR) is 124 cm³/mol. The van der Waals surface area contributed by atoms with Gasteiger partial charge in [-0.1, -0.05) is 44.2 Å². The number of benzene rings is 2. The smallest absolute Gasteiger partial charge is 0.273 e. The van der Waals surface area contributed by atoms with Crippen LogP contribution >= 0.6 is 11.3 Å². The van der Waals surface area contributed by atoms with Crippen molar-refractivity contribution in [2.45, 2.75) is 46.3 Å². The number of carbonyl (C=O) groups excluding carboxylic acids is 1. The van der Waals surface area contributed by atoms with E-state index in [9.17, 15) is 13.6 Å². The summed E-state index contributed by atoms with van der Waals surface area (Å²) in [7, 11) is 0. The Morgan fingerprint density at radius 2 is 1.62 bits per heavy atom. The van der Waals surface area contributed by atoms with E-state index in [-0.39, 0.29) is 17.5 Å². The van der Waals surface area contributed by atoms with Crippen LogP contribution in [0.2, 0.25) is 0 Å². The summed E-state index contributed by atoms with van der Waals surface area (Å²) in [4.78, 5) is 21.3. The molecule has 4 nitrogen and oxygen atoms in total. The van der Waals surface area contributed by atoms with Crippen LogP contribution in [0.4, 0.5) is 8.78 Å². The fourth-order valence-corrected chi connectivity index (χ4v) is 4.38. The summed E-state index contributed by atoms with van der Waals surface area (Å²) in [6.07, 6.45) is 1.80. The molecule has 32 heavy (non-hydrogen) atoms. The van der Waals surface area contributed by atoms with Crippen molar-refractivity contribution in [3.05, 3.63) is 87.4 Å². The normalized spacial score (nSPS) is 11.2. The number of carbonyl (C=O) groups is 1. The number of halogens is 2. The van der Waals surface area contributed by atoms with Gasteiger partial charge in [0.25, 0.3) is 5.91 Å². The van der Waals surface area contributed by atoms with E-state index in [2.05, 4.69) is 23.7 Å². The Kier molecular flexibility index (Phi) is 8.88. The van der Waals surface area contributed by atoms with E-state index in [0.29, 0.717) is 44.0 Å². The van der Waals surface area contributed by atoms with Crippen molar-refractivity contribution in [2.24, 2.45) is 0 Å². The van der Waals surface area contributed by atoms with E-state index >= 15 is 0 Å². The van der Waals surface area contributed by atoms with Crippen molar-refractivity contribution in [1.82, 2.24) is 14.8 Å². The first kappa shape index (κ1) is 24.0. The van der Waals surface area contributed by atoms with Gasteiger partial charge in [-0.05, 0) is 36.6 Å². The van der Waals surface area contributed by atoms with Crippen LogP contribution in [-0.2, 0) is 19.6 Å². The average molecular weight is 458 g/mol. The highest BCUT2D eigenvalue weighted by molar-refractivity contribution is 7.09. The predicted octanol–water partition coefficient (Wildman–Crippen LogP) is 5.89. The maximum absolute atomic E-state index is 14.3. The monoisotopic (exact) mass is 457 g/mol. The maximum Gasteiger partial charge on any atom is 0.273 e. The Hall–Kier alpha value is -2.64. The number of hydrogen-bond donors (Lipinski definition) is 0. The molecule has 0 saturated heterocycles. The van der Waals surface area contributed by atoms with E-state index < -0.39 is 0 Å². The lowest BCUT2D eigenvalue weighted by Crippen LogP contribution is -2.32. The molecule has 0 spiro atoms. The number of thiazole rings is 1. The molecule has 0 aliphatic heterocycles. The Bertz CT molecular complexity index is 1000. The van der Waals surface area contributed by atoms with Crippen LogP contribution in [0.15, 0.2) is 53.9 Å². The van der Waals surface area contributed by atoms with Crippen molar-refractivity contribution in [1.29, 1.82) is 0 Å². The summed E-state index contributed by atoms with van der Waals surface area (Å²) in [6.45, 7) is 6.88. The lowest BCUT2D eigenvalue weighted by atomic mass is 10.1. The van der Waals surface area contributed by atoms with E-state index in [1.54, 1.807) is 29.6 Å². The van der Waals surface area contributed by atoms with Gasteiger partial charge in [0, 0.05) is 37.1 Å². The summed E-state index contributed by atoms with van der Waals surface area (Å²) >= 11 is 1.43. The van der Waals surface area contributed by atoms with Crippen LogP contribution in [-0.4, -0.2) is 33.8 Å². The van der Waals surface area contributed by atoms with Gasteiger partial charge in [-0.15, -0.1) is 11.3 Å². The fraction of sp³-hybridized carbons (Fsp3) is 0.360. The fourth-order valence-electron chi connectivity index (χ4n) is 3.57. The van der Waals surface area contributed by atoms with Gasteiger partial charge in [0.1, 0.15) is 22.3 Å². The molecular formula is C25H29F2N3OS. The third kappa shape index (κ3) is 6.68. The zero-order valence-electron chi connectivity index (χ0n) is 18.6. The molecule has 0 atom stereocenters. The third-order valence-corrected chi connectivity index (χ3v) is 5.91. The van der Waals surface area contributed by atoms with Gasteiger partial charge < -0.3 is 4.90 Å². The molecule has 3 aromatic rings. The molecule has 0 unspecified atom stereocenters. The lowest BCUT2D eigenvalue weighted by molar-refractivity contribution is 0.0750. The second-order valence-electron chi connectivity index (χ2n) is 7.78. The maximum atomic E-state index is 14.3. The largest absolute Gasteiger partial charge is 0.337 e. The van der Waals surface area contributed by atoms with Gasteiger partial charge in [-0.2, -0.15) is 0 Å². The molecule has 0 radical (unpaired) electrons.